The Labute approximate surface area is 173 Å². The van der Waals surface area contributed by atoms with Crippen LogP contribution in [-0.4, -0.2) is 37.8 Å². The zero-order valence-corrected chi connectivity index (χ0v) is 16.7. The van der Waals surface area contributed by atoms with E-state index in [4.69, 9.17) is 26.4 Å². The predicted molar refractivity (Wildman–Crippen MR) is 113 cm³/mol. The molecule has 0 saturated carbocycles. The lowest BCUT2D eigenvalue weighted by atomic mass is 10.2. The second kappa shape index (κ2) is 11.3. The molecule has 3 N–H and O–H groups in total. The van der Waals surface area contributed by atoms with Crippen molar-refractivity contribution in [2.75, 3.05) is 20.8 Å². The molecule has 8 nitrogen and oxygen atoms in total. The molecule has 0 radical (unpaired) electrons. The van der Waals surface area contributed by atoms with Crippen LogP contribution in [0.5, 0.6) is 17.2 Å². The highest BCUT2D eigenvalue weighted by atomic mass is 32.1. The molecule has 9 heteroatoms. The summed E-state index contributed by atoms with van der Waals surface area (Å²) in [7, 11) is 3.05. The zero-order valence-electron chi connectivity index (χ0n) is 15.9. The predicted octanol–water partition coefficient (Wildman–Crippen LogP) is 1.82. The number of hydrazine groups is 1. The van der Waals surface area contributed by atoms with Crippen LogP contribution < -0.4 is 30.4 Å². The smallest absolute Gasteiger partial charge is 0.276 e. The minimum atomic E-state index is -0.489. The van der Waals surface area contributed by atoms with Gasteiger partial charge in [-0.15, -0.1) is 0 Å². The van der Waals surface area contributed by atoms with Crippen LogP contribution in [-0.2, 0) is 9.59 Å². The van der Waals surface area contributed by atoms with Gasteiger partial charge in [-0.25, -0.2) is 0 Å². The fraction of sp³-hybridized carbons (Fsp3) is 0.150. The Morgan fingerprint density at radius 3 is 2.24 bits per heavy atom. The van der Waals surface area contributed by atoms with Crippen LogP contribution in [0, 0.1) is 0 Å². The quantitative estimate of drug-likeness (QED) is 0.360. The minimum absolute atomic E-state index is 0.0645. The monoisotopic (exact) mass is 415 g/mol. The lowest BCUT2D eigenvalue weighted by molar-refractivity contribution is -0.123. The van der Waals surface area contributed by atoms with Crippen molar-refractivity contribution >= 4 is 35.2 Å². The molecule has 0 aliphatic rings. The maximum Gasteiger partial charge on any atom is 0.276 e. The standard InChI is InChI=1S/C20H21N3O5S/c1-26-15-8-4-3-7-14(15)11-12-18(24)21-20(29)23-22-19(25)13-28-17-10-6-5-9-16(17)27-2/h3-12H,13H2,1-2H3,(H,22,25)(H2,21,23,24,29)/b12-11+. The number of carbonyl (C=O) groups is 2. The molecule has 0 atom stereocenters. The molecule has 0 spiro atoms. The molecule has 0 fully saturated rings. The first-order valence-electron chi connectivity index (χ1n) is 8.50. The van der Waals surface area contributed by atoms with Crippen molar-refractivity contribution in [3.05, 3.63) is 60.2 Å². The van der Waals surface area contributed by atoms with Gasteiger partial charge in [0, 0.05) is 11.6 Å². The van der Waals surface area contributed by atoms with Crippen molar-refractivity contribution in [1.82, 2.24) is 16.2 Å². The number of methoxy groups -OCH3 is 2. The minimum Gasteiger partial charge on any atom is -0.496 e. The van der Waals surface area contributed by atoms with Crippen LogP contribution in [0.25, 0.3) is 6.08 Å². The van der Waals surface area contributed by atoms with Gasteiger partial charge in [0.15, 0.2) is 23.2 Å². The molecule has 0 aliphatic carbocycles. The molecular weight excluding hydrogens is 394 g/mol. The second-order valence-electron chi connectivity index (χ2n) is 5.51. The van der Waals surface area contributed by atoms with E-state index in [0.29, 0.717) is 17.2 Å². The molecule has 152 valence electrons. The molecular formula is C20H21N3O5S. The topological polar surface area (TPSA) is 97.9 Å². The molecule has 2 aromatic rings. The van der Waals surface area contributed by atoms with Crippen LogP contribution in [0.15, 0.2) is 54.6 Å². The van der Waals surface area contributed by atoms with Crippen molar-refractivity contribution in [3.63, 3.8) is 0 Å². The first-order valence-corrected chi connectivity index (χ1v) is 8.91. The van der Waals surface area contributed by atoms with Gasteiger partial charge in [-0.05, 0) is 36.5 Å². The van der Waals surface area contributed by atoms with E-state index in [2.05, 4.69) is 16.2 Å². The Morgan fingerprint density at radius 2 is 1.55 bits per heavy atom. The molecule has 2 amide bonds. The Hall–Kier alpha value is -3.59. The largest absolute Gasteiger partial charge is 0.496 e. The Morgan fingerprint density at radius 1 is 0.931 bits per heavy atom. The fourth-order valence-corrected chi connectivity index (χ4v) is 2.35. The molecule has 0 aromatic heterocycles. The highest BCUT2D eigenvalue weighted by molar-refractivity contribution is 7.80. The number of ether oxygens (including phenoxy) is 3. The number of carbonyl (C=O) groups excluding carboxylic acids is 2. The number of hydrogen-bond donors (Lipinski definition) is 3. The SMILES string of the molecule is COc1ccccc1/C=C/C(=O)NC(=S)NNC(=O)COc1ccccc1OC. The highest BCUT2D eigenvalue weighted by Gasteiger charge is 2.08. The van der Waals surface area contributed by atoms with E-state index < -0.39 is 11.8 Å². The Kier molecular flexibility index (Phi) is 8.46. The molecule has 0 unspecified atom stereocenters. The van der Waals surface area contributed by atoms with Crippen molar-refractivity contribution < 1.29 is 23.8 Å². The molecule has 2 rings (SSSR count). The Balaban J connectivity index is 1.75. The summed E-state index contributed by atoms with van der Waals surface area (Å²) in [6.45, 7) is -0.266. The summed E-state index contributed by atoms with van der Waals surface area (Å²) in [6.07, 6.45) is 2.90. The summed E-state index contributed by atoms with van der Waals surface area (Å²) in [5.41, 5.74) is 5.50. The van der Waals surface area contributed by atoms with Crippen molar-refractivity contribution in [2.24, 2.45) is 0 Å². The number of para-hydroxylation sites is 3. The van der Waals surface area contributed by atoms with E-state index >= 15 is 0 Å². The first-order chi connectivity index (χ1) is 14.0. The van der Waals surface area contributed by atoms with Crippen LogP contribution in [0.1, 0.15) is 5.56 Å². The fourth-order valence-electron chi connectivity index (χ4n) is 2.20. The molecule has 0 heterocycles. The molecule has 0 aliphatic heterocycles. The van der Waals surface area contributed by atoms with Gasteiger partial charge in [-0.1, -0.05) is 30.3 Å². The van der Waals surface area contributed by atoms with Gasteiger partial charge < -0.3 is 14.2 Å². The third kappa shape index (κ3) is 7.15. The lowest BCUT2D eigenvalue weighted by Gasteiger charge is -2.12. The van der Waals surface area contributed by atoms with E-state index in [1.54, 1.807) is 49.6 Å². The number of nitrogens with one attached hydrogen (secondary N) is 3. The molecule has 0 bridgehead atoms. The van der Waals surface area contributed by atoms with Gasteiger partial charge >= 0.3 is 0 Å². The van der Waals surface area contributed by atoms with E-state index in [1.165, 1.54) is 13.2 Å². The maximum absolute atomic E-state index is 11.9. The summed E-state index contributed by atoms with van der Waals surface area (Å²) in [5.74, 6) is 0.630. The van der Waals surface area contributed by atoms with Crippen LogP contribution in [0.3, 0.4) is 0 Å². The highest BCUT2D eigenvalue weighted by Crippen LogP contribution is 2.25. The van der Waals surface area contributed by atoms with Crippen LogP contribution >= 0.6 is 12.2 Å². The number of hydrogen-bond acceptors (Lipinski definition) is 6. The summed E-state index contributed by atoms with van der Waals surface area (Å²) in [6, 6.07) is 14.2. The maximum atomic E-state index is 11.9. The second-order valence-corrected chi connectivity index (χ2v) is 5.91. The summed E-state index contributed by atoms with van der Waals surface area (Å²) in [4.78, 5) is 23.8. The molecule has 29 heavy (non-hydrogen) atoms. The van der Waals surface area contributed by atoms with Crippen molar-refractivity contribution in [2.45, 2.75) is 0 Å². The molecule has 2 aromatic carbocycles. The van der Waals surface area contributed by atoms with Gasteiger partial charge in [-0.3, -0.25) is 25.8 Å². The Bertz CT molecular complexity index is 901. The average molecular weight is 415 g/mol. The number of thiocarbonyl (C=S) groups is 1. The zero-order chi connectivity index (χ0) is 21.1. The summed E-state index contributed by atoms with van der Waals surface area (Å²) in [5, 5.41) is 2.35. The number of amides is 2. The normalized spacial score (nSPS) is 10.1. The third-order valence-electron chi connectivity index (χ3n) is 3.53. The number of benzene rings is 2. The third-order valence-corrected chi connectivity index (χ3v) is 3.74. The van der Waals surface area contributed by atoms with Crippen LogP contribution in [0.4, 0.5) is 0 Å². The number of rotatable bonds is 7. The van der Waals surface area contributed by atoms with Crippen molar-refractivity contribution in [1.29, 1.82) is 0 Å². The van der Waals surface area contributed by atoms with E-state index in [9.17, 15) is 9.59 Å². The van der Waals surface area contributed by atoms with Gasteiger partial charge in [-0.2, -0.15) is 0 Å². The summed E-state index contributed by atoms with van der Waals surface area (Å²) < 4.78 is 15.7. The average Bonchev–Trinajstić information content (AvgIpc) is 2.75. The van der Waals surface area contributed by atoms with Gasteiger partial charge in [0.2, 0.25) is 5.91 Å². The van der Waals surface area contributed by atoms with Gasteiger partial charge in [0.1, 0.15) is 5.75 Å². The van der Waals surface area contributed by atoms with Crippen molar-refractivity contribution in [3.8, 4) is 17.2 Å². The lowest BCUT2D eigenvalue weighted by Crippen LogP contribution is -2.49. The summed E-state index contributed by atoms with van der Waals surface area (Å²) >= 11 is 4.97. The van der Waals surface area contributed by atoms with Gasteiger partial charge in [0.05, 0.1) is 14.2 Å². The van der Waals surface area contributed by atoms with E-state index in [0.717, 1.165) is 5.56 Å². The van der Waals surface area contributed by atoms with E-state index in [1.807, 2.05) is 12.1 Å². The first kappa shape index (κ1) is 21.7. The van der Waals surface area contributed by atoms with Crippen LogP contribution in [0.2, 0.25) is 0 Å². The molecule has 0 saturated heterocycles. The van der Waals surface area contributed by atoms with Gasteiger partial charge in [0.25, 0.3) is 5.91 Å². The van der Waals surface area contributed by atoms with E-state index in [-0.39, 0.29) is 11.7 Å².